The van der Waals surface area contributed by atoms with Gasteiger partial charge in [0.1, 0.15) is 29.9 Å². The van der Waals surface area contributed by atoms with Crippen LogP contribution in [0.4, 0.5) is 15.0 Å². The summed E-state index contributed by atoms with van der Waals surface area (Å²) in [5, 5.41) is 15.0. The average Bonchev–Trinajstić information content (AvgIpc) is 3.75. The molecule has 310 valence electrons. The number of fused-ring (bicyclic) bond motifs is 1. The Bertz CT molecular complexity index is 2200. The maximum Gasteiger partial charge on any atom is 0.413 e. The summed E-state index contributed by atoms with van der Waals surface area (Å²) in [5.41, 5.74) is -2.96. The van der Waals surface area contributed by atoms with Crippen LogP contribution in [0.15, 0.2) is 97.6 Å². The van der Waals surface area contributed by atoms with Gasteiger partial charge < -0.3 is 28.8 Å². The topological polar surface area (TPSA) is 156 Å². The summed E-state index contributed by atoms with van der Waals surface area (Å²) in [5.74, 6) is -1.01. The number of aliphatic hydroxyl groups is 1. The molecule has 5 aromatic rings. The normalized spacial score (nSPS) is 20.5. The fourth-order valence-corrected chi connectivity index (χ4v) is 7.21. The Labute approximate surface area is 343 Å². The van der Waals surface area contributed by atoms with Gasteiger partial charge in [0.2, 0.25) is 11.7 Å². The molecule has 3 aromatic carbocycles. The Morgan fingerprint density at radius 1 is 0.932 bits per heavy atom. The highest BCUT2D eigenvalue weighted by Crippen LogP contribution is 2.50. The molecule has 0 unspecified atom stereocenters. The summed E-state index contributed by atoms with van der Waals surface area (Å²) < 4.78 is 49.2. The third-order valence-corrected chi connectivity index (χ3v) is 10.0. The van der Waals surface area contributed by atoms with E-state index in [1.54, 1.807) is 40.0 Å². The lowest BCUT2D eigenvalue weighted by atomic mass is 9.80. The Balaban J connectivity index is 1.44. The van der Waals surface area contributed by atoms with Gasteiger partial charge in [-0.25, -0.2) is 24.1 Å². The van der Waals surface area contributed by atoms with Gasteiger partial charge in [-0.05, 0) is 56.0 Å². The molecule has 0 saturated carbocycles. The molecule has 0 bridgehead atoms. The molecule has 1 aliphatic rings. The van der Waals surface area contributed by atoms with Crippen molar-refractivity contribution in [2.45, 2.75) is 101 Å². The van der Waals surface area contributed by atoms with Gasteiger partial charge in [0.15, 0.2) is 23.2 Å². The first-order valence-corrected chi connectivity index (χ1v) is 19.6. The van der Waals surface area contributed by atoms with Crippen LogP contribution in [0.5, 0.6) is 5.75 Å². The van der Waals surface area contributed by atoms with E-state index in [2.05, 4.69) is 33.1 Å². The molecule has 2 N–H and O–H groups in total. The number of halogens is 1. The van der Waals surface area contributed by atoms with Crippen molar-refractivity contribution >= 4 is 29.0 Å². The summed E-state index contributed by atoms with van der Waals surface area (Å²) in [6.07, 6.45) is 7.86. The van der Waals surface area contributed by atoms with E-state index < -0.39 is 53.7 Å². The molecule has 2 aromatic heterocycles. The second-order valence-corrected chi connectivity index (χ2v) is 15.4. The van der Waals surface area contributed by atoms with Gasteiger partial charge in [-0.3, -0.25) is 14.7 Å². The van der Waals surface area contributed by atoms with Crippen molar-refractivity contribution in [2.75, 3.05) is 19.0 Å². The number of amides is 1. The average molecular weight is 808 g/mol. The van der Waals surface area contributed by atoms with E-state index in [1.165, 1.54) is 10.9 Å². The molecule has 3 heterocycles. The molecule has 1 saturated heterocycles. The SMILES string of the molecule is C#C[C@]1(O)[C@H](n2cnc3c(NC(=O)OC(C)(C)C)ncnc32)O[C@](F)(COC(c2ccccc2)(c2ccccc2)c2ccc(OC)cc2)[C@H]1OC(=O)CCCCCCC. The third-order valence-electron chi connectivity index (χ3n) is 10.0. The van der Waals surface area contributed by atoms with E-state index in [1.807, 2.05) is 72.8 Å². The minimum atomic E-state index is -3.08. The predicted octanol–water partition coefficient (Wildman–Crippen LogP) is 8.02. The zero-order chi connectivity index (χ0) is 42.3. The van der Waals surface area contributed by atoms with Crippen LogP contribution in [-0.4, -0.2) is 73.6 Å². The first kappa shape index (κ1) is 42.7. The second kappa shape index (κ2) is 17.9. The number of nitrogens with one attached hydrogen (secondary N) is 1. The van der Waals surface area contributed by atoms with Crippen molar-refractivity contribution in [1.29, 1.82) is 0 Å². The van der Waals surface area contributed by atoms with E-state index >= 15 is 4.39 Å². The number of carbonyl (C=O) groups is 2. The molecular weight excluding hydrogens is 758 g/mol. The fourth-order valence-electron chi connectivity index (χ4n) is 7.21. The number of hydrogen-bond acceptors (Lipinski definition) is 11. The maximum atomic E-state index is 18.3. The van der Waals surface area contributed by atoms with Crippen LogP contribution in [0.1, 0.15) is 89.1 Å². The largest absolute Gasteiger partial charge is 0.497 e. The van der Waals surface area contributed by atoms with Crippen LogP contribution in [0.25, 0.3) is 11.2 Å². The number of hydrogen-bond donors (Lipinski definition) is 2. The highest BCUT2D eigenvalue weighted by Gasteiger charge is 2.68. The van der Waals surface area contributed by atoms with Gasteiger partial charge in [0.25, 0.3) is 5.85 Å². The molecule has 59 heavy (non-hydrogen) atoms. The van der Waals surface area contributed by atoms with Gasteiger partial charge >= 0.3 is 12.1 Å². The number of benzene rings is 3. The van der Waals surface area contributed by atoms with Gasteiger partial charge in [-0.15, -0.1) is 6.42 Å². The maximum absolute atomic E-state index is 18.3. The molecule has 4 atom stereocenters. The predicted molar refractivity (Wildman–Crippen MR) is 218 cm³/mol. The van der Waals surface area contributed by atoms with Crippen molar-refractivity contribution in [3.05, 3.63) is 114 Å². The van der Waals surface area contributed by atoms with Gasteiger partial charge in [0.05, 0.1) is 13.4 Å². The number of esters is 1. The fraction of sp³-hybridized carbons (Fsp3) is 0.400. The molecule has 1 aliphatic heterocycles. The van der Waals surface area contributed by atoms with Crippen molar-refractivity contribution in [1.82, 2.24) is 19.5 Å². The summed E-state index contributed by atoms with van der Waals surface area (Å²) in [6.45, 7) is 6.31. The number of ether oxygens (including phenoxy) is 5. The Morgan fingerprint density at radius 3 is 2.15 bits per heavy atom. The molecule has 13 nitrogen and oxygen atoms in total. The monoisotopic (exact) mass is 807 g/mol. The van der Waals surface area contributed by atoms with Crippen LogP contribution in [0.2, 0.25) is 0 Å². The number of unbranched alkanes of at least 4 members (excludes halogenated alkanes) is 4. The van der Waals surface area contributed by atoms with Gasteiger partial charge in [-0.1, -0.05) is 111 Å². The van der Waals surface area contributed by atoms with Crippen LogP contribution < -0.4 is 10.1 Å². The minimum absolute atomic E-state index is 0.0112. The quantitative estimate of drug-likeness (QED) is 0.0431. The van der Waals surface area contributed by atoms with E-state index in [9.17, 15) is 14.7 Å². The molecule has 0 spiro atoms. The van der Waals surface area contributed by atoms with Crippen LogP contribution in [0, 0.1) is 12.3 Å². The number of methoxy groups -OCH3 is 1. The van der Waals surface area contributed by atoms with Crippen molar-refractivity contribution in [3.63, 3.8) is 0 Å². The summed E-state index contributed by atoms with van der Waals surface area (Å²) >= 11 is 0. The number of alkyl halides is 1. The number of rotatable bonds is 16. The lowest BCUT2D eigenvalue weighted by molar-refractivity contribution is -0.235. The third kappa shape index (κ3) is 9.07. The van der Waals surface area contributed by atoms with Gasteiger partial charge in [0, 0.05) is 6.42 Å². The molecule has 0 aliphatic carbocycles. The first-order chi connectivity index (χ1) is 28.3. The molecular formula is C45H50FN5O8. The molecule has 1 amide bonds. The van der Waals surface area contributed by atoms with Crippen LogP contribution in [-0.2, 0) is 29.3 Å². The Hall–Kier alpha value is -5.88. The lowest BCUT2D eigenvalue weighted by Gasteiger charge is -2.38. The van der Waals surface area contributed by atoms with Crippen LogP contribution in [0.3, 0.4) is 0 Å². The number of anilines is 1. The van der Waals surface area contributed by atoms with Crippen LogP contribution >= 0.6 is 0 Å². The van der Waals surface area contributed by atoms with Crippen molar-refractivity contribution in [3.8, 4) is 18.1 Å². The number of imidazole rings is 1. The zero-order valence-electron chi connectivity index (χ0n) is 33.9. The number of carbonyl (C=O) groups excluding carboxylic acids is 2. The smallest absolute Gasteiger partial charge is 0.413 e. The number of nitrogens with zero attached hydrogens (tertiary/aromatic N) is 4. The first-order valence-electron chi connectivity index (χ1n) is 19.6. The van der Waals surface area contributed by atoms with E-state index in [0.29, 0.717) is 28.9 Å². The Morgan fingerprint density at radius 2 is 1.56 bits per heavy atom. The molecule has 14 heteroatoms. The van der Waals surface area contributed by atoms with E-state index in [-0.39, 0.29) is 23.4 Å². The highest BCUT2D eigenvalue weighted by atomic mass is 19.2. The second-order valence-electron chi connectivity index (χ2n) is 15.4. The van der Waals surface area contributed by atoms with E-state index in [4.69, 9.17) is 30.1 Å². The van der Waals surface area contributed by atoms with Crippen molar-refractivity contribution in [2.24, 2.45) is 0 Å². The lowest BCUT2D eigenvalue weighted by Crippen LogP contribution is -2.53. The number of aromatic nitrogens is 4. The number of terminal acetylenes is 1. The standard InChI is InChI=1S/C45H50FN5O8/c1-7-9-10-11-18-23-35(52)57-39-43(54,8-2)40(51-30-49-36-37(47-29-48-38(36)51)50-41(53)59-42(3,4)5)58-44(39,46)28-56-45(31-19-14-12-15-20-31,32-21-16-13-17-22-32)33-24-26-34(55-6)27-25-33/h2,12-17,19-22,24-27,29-30,39-40,54H,7,9-11,18,23,28H2,1,3-6H3,(H,47,48,50,53)/t39-,40+,43+,44+/m0/s1. The summed E-state index contributed by atoms with van der Waals surface area (Å²) in [6, 6.07) is 25.7. The molecule has 6 rings (SSSR count). The summed E-state index contributed by atoms with van der Waals surface area (Å²) in [7, 11) is 1.56. The minimum Gasteiger partial charge on any atom is -0.497 e. The molecule has 1 fully saturated rings. The Kier molecular flexibility index (Phi) is 13.0. The zero-order valence-corrected chi connectivity index (χ0v) is 33.9. The van der Waals surface area contributed by atoms with Crippen molar-refractivity contribution < 1.29 is 42.8 Å². The van der Waals surface area contributed by atoms with E-state index in [0.717, 1.165) is 32.0 Å². The highest BCUT2D eigenvalue weighted by molar-refractivity contribution is 5.93. The summed E-state index contributed by atoms with van der Waals surface area (Å²) in [4.78, 5) is 39.0. The van der Waals surface area contributed by atoms with Gasteiger partial charge in [-0.2, -0.15) is 0 Å². The molecule has 0 radical (unpaired) electrons.